The van der Waals surface area contributed by atoms with E-state index < -0.39 is 17.9 Å². The zero-order valence-electron chi connectivity index (χ0n) is 13.7. The van der Waals surface area contributed by atoms with Crippen molar-refractivity contribution in [2.45, 2.75) is 19.1 Å². The minimum atomic E-state index is -0.878. The van der Waals surface area contributed by atoms with Gasteiger partial charge >= 0.3 is 11.8 Å². The minimum Gasteiger partial charge on any atom is -0.493 e. The Hall–Kier alpha value is -2.86. The van der Waals surface area contributed by atoms with Crippen LogP contribution in [0.5, 0.6) is 5.75 Å². The van der Waals surface area contributed by atoms with E-state index in [1.54, 1.807) is 6.07 Å². The quantitative estimate of drug-likeness (QED) is 0.711. The van der Waals surface area contributed by atoms with Crippen molar-refractivity contribution in [3.8, 4) is 5.75 Å². The highest BCUT2D eigenvalue weighted by molar-refractivity contribution is 6.35. The molecule has 0 bridgehead atoms. The topological polar surface area (TPSA) is 87.7 Å². The zero-order valence-corrected chi connectivity index (χ0v) is 13.7. The largest absolute Gasteiger partial charge is 0.493 e. The second-order valence-corrected chi connectivity index (χ2v) is 5.86. The molecule has 1 heterocycles. The van der Waals surface area contributed by atoms with Gasteiger partial charge in [0.1, 0.15) is 5.75 Å². The van der Waals surface area contributed by atoms with Crippen LogP contribution in [0.4, 0.5) is 0 Å². The van der Waals surface area contributed by atoms with Crippen molar-refractivity contribution in [1.82, 2.24) is 10.6 Å². The summed E-state index contributed by atoms with van der Waals surface area (Å²) in [5.41, 5.74) is 2.64. The molecule has 0 radical (unpaired) electrons. The Morgan fingerprint density at radius 1 is 1.08 bits per heavy atom. The molecule has 0 aromatic heterocycles. The highest BCUT2D eigenvalue weighted by atomic mass is 16.5. The first-order valence-electron chi connectivity index (χ1n) is 8.17. The van der Waals surface area contributed by atoms with Crippen LogP contribution >= 0.6 is 0 Å². The molecular weight excluding hydrogens is 320 g/mol. The fraction of sp³-hybridized carbons (Fsp3) is 0.263. The van der Waals surface area contributed by atoms with Crippen LogP contribution in [-0.4, -0.2) is 30.1 Å². The first kappa shape index (κ1) is 17.0. The van der Waals surface area contributed by atoms with E-state index in [1.165, 1.54) is 0 Å². The maximum absolute atomic E-state index is 11.8. The maximum atomic E-state index is 11.8. The number of hydrogen-bond acceptors (Lipinski definition) is 4. The van der Waals surface area contributed by atoms with Gasteiger partial charge in [0.2, 0.25) is 0 Å². The number of aliphatic hydroxyl groups excluding tert-OH is 1. The molecule has 2 amide bonds. The summed E-state index contributed by atoms with van der Waals surface area (Å²) < 4.78 is 5.42. The van der Waals surface area contributed by atoms with Crippen LogP contribution in [0.3, 0.4) is 0 Å². The highest BCUT2D eigenvalue weighted by Gasteiger charge is 2.18. The predicted molar refractivity (Wildman–Crippen MR) is 91.9 cm³/mol. The van der Waals surface area contributed by atoms with Gasteiger partial charge in [0.05, 0.1) is 12.7 Å². The van der Waals surface area contributed by atoms with Crippen LogP contribution in [0.15, 0.2) is 48.5 Å². The predicted octanol–water partition coefficient (Wildman–Crippen LogP) is 1.09. The average Bonchev–Trinajstić information content (AvgIpc) is 3.12. The van der Waals surface area contributed by atoms with Gasteiger partial charge in [0.15, 0.2) is 0 Å². The Labute approximate surface area is 145 Å². The van der Waals surface area contributed by atoms with E-state index >= 15 is 0 Å². The SMILES string of the molecule is O=C(NCc1ccccc1)C(=O)NC[C@H](O)c1ccc2c(c1)CCO2. The molecule has 1 atom stereocenters. The number of hydrogen-bond donors (Lipinski definition) is 3. The van der Waals surface area contributed by atoms with Crippen molar-refractivity contribution in [2.75, 3.05) is 13.2 Å². The summed E-state index contributed by atoms with van der Waals surface area (Å²) >= 11 is 0. The van der Waals surface area contributed by atoms with Crippen LogP contribution < -0.4 is 15.4 Å². The molecule has 0 saturated heterocycles. The minimum absolute atomic E-state index is 0.0305. The number of ether oxygens (including phenoxy) is 1. The molecule has 6 nitrogen and oxygen atoms in total. The van der Waals surface area contributed by atoms with Gasteiger partial charge < -0.3 is 20.5 Å². The summed E-state index contributed by atoms with van der Waals surface area (Å²) in [6, 6.07) is 14.8. The molecule has 1 aliphatic rings. The zero-order chi connectivity index (χ0) is 17.6. The number of aliphatic hydroxyl groups is 1. The fourth-order valence-corrected chi connectivity index (χ4v) is 2.66. The van der Waals surface area contributed by atoms with Crippen molar-refractivity contribution < 1.29 is 19.4 Å². The van der Waals surface area contributed by atoms with Crippen molar-refractivity contribution in [3.05, 3.63) is 65.2 Å². The third-order valence-electron chi connectivity index (χ3n) is 4.06. The van der Waals surface area contributed by atoms with Gasteiger partial charge in [-0.15, -0.1) is 0 Å². The Bertz CT molecular complexity index is 761. The van der Waals surface area contributed by atoms with Gasteiger partial charge in [-0.25, -0.2) is 0 Å². The number of carbonyl (C=O) groups excluding carboxylic acids is 2. The second-order valence-electron chi connectivity index (χ2n) is 5.86. The van der Waals surface area contributed by atoms with E-state index in [9.17, 15) is 14.7 Å². The number of rotatable bonds is 5. The Kier molecular flexibility index (Phi) is 5.30. The fourth-order valence-electron chi connectivity index (χ4n) is 2.66. The second kappa shape index (κ2) is 7.81. The summed E-state index contributed by atoms with van der Waals surface area (Å²) in [7, 11) is 0. The van der Waals surface area contributed by atoms with E-state index in [2.05, 4.69) is 10.6 Å². The molecule has 0 saturated carbocycles. The molecule has 0 unspecified atom stereocenters. The van der Waals surface area contributed by atoms with Gasteiger partial charge in [0.25, 0.3) is 0 Å². The summed E-state index contributed by atoms with van der Waals surface area (Å²) in [6.45, 7) is 0.894. The van der Waals surface area contributed by atoms with Crippen LogP contribution in [-0.2, 0) is 22.6 Å². The molecule has 3 rings (SSSR count). The van der Waals surface area contributed by atoms with Crippen molar-refractivity contribution in [3.63, 3.8) is 0 Å². The first-order chi connectivity index (χ1) is 12.1. The Morgan fingerprint density at radius 3 is 2.64 bits per heavy atom. The Morgan fingerprint density at radius 2 is 1.84 bits per heavy atom. The molecule has 6 heteroatoms. The Balaban J connectivity index is 1.47. The van der Waals surface area contributed by atoms with Crippen molar-refractivity contribution in [2.24, 2.45) is 0 Å². The van der Waals surface area contributed by atoms with Crippen LogP contribution in [0.25, 0.3) is 0 Å². The molecule has 1 aliphatic heterocycles. The van der Waals surface area contributed by atoms with E-state index in [4.69, 9.17) is 4.74 Å². The third-order valence-corrected chi connectivity index (χ3v) is 4.06. The van der Waals surface area contributed by atoms with Crippen LogP contribution in [0, 0.1) is 0 Å². The number of amides is 2. The summed E-state index contributed by atoms with van der Waals surface area (Å²) in [5, 5.41) is 15.2. The summed E-state index contributed by atoms with van der Waals surface area (Å²) in [5.74, 6) is -0.654. The van der Waals surface area contributed by atoms with Crippen molar-refractivity contribution in [1.29, 1.82) is 0 Å². The van der Waals surface area contributed by atoms with Gasteiger partial charge in [-0.3, -0.25) is 9.59 Å². The molecule has 0 spiro atoms. The van der Waals surface area contributed by atoms with Crippen molar-refractivity contribution >= 4 is 11.8 Å². The van der Waals surface area contributed by atoms with Crippen LogP contribution in [0.2, 0.25) is 0 Å². The smallest absolute Gasteiger partial charge is 0.309 e. The molecular formula is C19H20N2O4. The number of benzene rings is 2. The number of fused-ring (bicyclic) bond motifs is 1. The molecule has 2 aromatic rings. The molecule has 25 heavy (non-hydrogen) atoms. The lowest BCUT2D eigenvalue weighted by Gasteiger charge is -2.13. The van der Waals surface area contributed by atoms with E-state index in [1.807, 2.05) is 42.5 Å². The van der Waals surface area contributed by atoms with Gasteiger partial charge in [-0.05, 0) is 28.8 Å². The van der Waals surface area contributed by atoms with E-state index in [0.717, 1.165) is 23.3 Å². The van der Waals surface area contributed by atoms with Gasteiger partial charge in [0, 0.05) is 19.5 Å². The van der Waals surface area contributed by atoms with Gasteiger partial charge in [-0.2, -0.15) is 0 Å². The normalized spacial score (nSPS) is 13.5. The molecule has 3 N–H and O–H groups in total. The maximum Gasteiger partial charge on any atom is 0.309 e. The summed E-state index contributed by atoms with van der Waals surface area (Å²) in [4.78, 5) is 23.6. The van der Waals surface area contributed by atoms with Crippen LogP contribution in [0.1, 0.15) is 22.8 Å². The lowest BCUT2D eigenvalue weighted by atomic mass is 10.0. The van der Waals surface area contributed by atoms with E-state index in [0.29, 0.717) is 12.2 Å². The lowest BCUT2D eigenvalue weighted by Crippen LogP contribution is -2.41. The number of nitrogens with one attached hydrogen (secondary N) is 2. The average molecular weight is 340 g/mol. The standard InChI is InChI=1S/C19H20N2O4/c22-16(14-6-7-17-15(10-14)8-9-25-17)12-21-19(24)18(23)20-11-13-4-2-1-3-5-13/h1-7,10,16,22H,8-9,11-12H2,(H,20,23)(H,21,24)/t16-/m0/s1. The van der Waals surface area contributed by atoms with E-state index in [-0.39, 0.29) is 13.1 Å². The number of carbonyl (C=O) groups is 2. The monoisotopic (exact) mass is 340 g/mol. The summed E-state index contributed by atoms with van der Waals surface area (Å²) in [6.07, 6.45) is -0.0683. The third kappa shape index (κ3) is 4.36. The molecule has 130 valence electrons. The van der Waals surface area contributed by atoms with Gasteiger partial charge in [-0.1, -0.05) is 36.4 Å². The highest BCUT2D eigenvalue weighted by Crippen LogP contribution is 2.27. The molecule has 2 aromatic carbocycles. The lowest BCUT2D eigenvalue weighted by molar-refractivity contribution is -0.139. The molecule has 0 aliphatic carbocycles. The first-order valence-corrected chi connectivity index (χ1v) is 8.17. The molecule has 0 fully saturated rings.